The molecule has 1 unspecified atom stereocenters. The van der Waals surface area contributed by atoms with Crippen molar-refractivity contribution in [3.63, 3.8) is 0 Å². The lowest BCUT2D eigenvalue weighted by molar-refractivity contribution is -0.115. The summed E-state index contributed by atoms with van der Waals surface area (Å²) in [4.78, 5) is 12.0. The first-order chi connectivity index (χ1) is 11.5. The van der Waals surface area contributed by atoms with Gasteiger partial charge in [-0.15, -0.1) is 11.8 Å². The lowest BCUT2D eigenvalue weighted by Gasteiger charge is -2.13. The van der Waals surface area contributed by atoms with Gasteiger partial charge in [-0.1, -0.05) is 17.7 Å². The molecular weight excluding hydrogens is 332 g/mol. The van der Waals surface area contributed by atoms with Crippen molar-refractivity contribution < 1.29 is 18.3 Å². The number of rotatable bonds is 7. The summed E-state index contributed by atoms with van der Waals surface area (Å²) in [6.45, 7) is 4.17. The molecule has 2 aromatic rings. The van der Waals surface area contributed by atoms with Crippen LogP contribution in [0, 0.1) is 18.6 Å². The second-order valence-corrected chi connectivity index (χ2v) is 6.74. The zero-order valence-electron chi connectivity index (χ0n) is 13.5. The van der Waals surface area contributed by atoms with Gasteiger partial charge < -0.3 is 10.1 Å². The van der Waals surface area contributed by atoms with Crippen molar-refractivity contribution in [3.05, 3.63) is 59.7 Å². The Kier molecular flexibility index (Phi) is 6.61. The van der Waals surface area contributed by atoms with Crippen LogP contribution in [-0.2, 0) is 4.79 Å². The van der Waals surface area contributed by atoms with Crippen LogP contribution in [-0.4, -0.2) is 23.5 Å². The number of hydrogen-bond acceptors (Lipinski definition) is 3. The van der Waals surface area contributed by atoms with Crippen LogP contribution >= 0.6 is 11.8 Å². The molecule has 0 aliphatic rings. The Balaban J connectivity index is 1.75. The van der Waals surface area contributed by atoms with Gasteiger partial charge in [0.1, 0.15) is 17.4 Å². The number of carbonyl (C=O) groups is 1. The van der Waals surface area contributed by atoms with E-state index in [-0.39, 0.29) is 11.6 Å². The number of aryl methyl sites for hydroxylation is 1. The van der Waals surface area contributed by atoms with Gasteiger partial charge >= 0.3 is 0 Å². The Hall–Kier alpha value is -2.08. The quantitative estimate of drug-likeness (QED) is 0.751. The minimum Gasteiger partial charge on any atom is -0.493 e. The summed E-state index contributed by atoms with van der Waals surface area (Å²) in [5, 5.41) is 1.99. The largest absolute Gasteiger partial charge is 0.493 e. The highest BCUT2D eigenvalue weighted by atomic mass is 32.2. The number of amides is 1. The third-order valence-corrected chi connectivity index (χ3v) is 4.41. The SMILES string of the molecule is Cc1ccc(OCCSC(C)C(=O)Nc2cc(F)ccc2F)cc1. The topological polar surface area (TPSA) is 38.3 Å². The number of hydrogen-bond donors (Lipinski definition) is 1. The predicted molar refractivity (Wildman–Crippen MR) is 93.6 cm³/mol. The first kappa shape index (κ1) is 18.3. The number of carbonyl (C=O) groups excluding carboxylic acids is 1. The maximum absolute atomic E-state index is 13.5. The molecule has 0 saturated heterocycles. The fourth-order valence-corrected chi connectivity index (χ4v) is 2.67. The Labute approximate surface area is 144 Å². The Morgan fingerprint density at radius 2 is 1.92 bits per heavy atom. The molecule has 0 bridgehead atoms. The van der Waals surface area contributed by atoms with Crippen LogP contribution in [0.2, 0.25) is 0 Å². The molecule has 0 radical (unpaired) electrons. The van der Waals surface area contributed by atoms with Crippen molar-refractivity contribution in [1.29, 1.82) is 0 Å². The van der Waals surface area contributed by atoms with Gasteiger partial charge in [-0.05, 0) is 38.1 Å². The molecule has 0 saturated carbocycles. The summed E-state index contributed by atoms with van der Waals surface area (Å²) in [7, 11) is 0. The third-order valence-electron chi connectivity index (χ3n) is 3.30. The molecule has 0 aliphatic carbocycles. The summed E-state index contributed by atoms with van der Waals surface area (Å²) < 4.78 is 32.2. The van der Waals surface area contributed by atoms with Gasteiger partial charge in [0.2, 0.25) is 5.91 Å². The molecule has 1 amide bonds. The van der Waals surface area contributed by atoms with Gasteiger partial charge in [0.25, 0.3) is 0 Å². The van der Waals surface area contributed by atoms with Crippen LogP contribution in [0.4, 0.5) is 14.5 Å². The number of benzene rings is 2. The van der Waals surface area contributed by atoms with Crippen LogP contribution < -0.4 is 10.1 Å². The average molecular weight is 351 g/mol. The lowest BCUT2D eigenvalue weighted by Crippen LogP contribution is -2.24. The van der Waals surface area contributed by atoms with Gasteiger partial charge in [0, 0.05) is 11.8 Å². The molecule has 128 valence electrons. The van der Waals surface area contributed by atoms with E-state index in [4.69, 9.17) is 4.74 Å². The molecule has 3 nitrogen and oxygen atoms in total. The Morgan fingerprint density at radius 1 is 1.21 bits per heavy atom. The van der Waals surface area contributed by atoms with Crippen LogP contribution in [0.3, 0.4) is 0 Å². The summed E-state index contributed by atoms with van der Waals surface area (Å²) >= 11 is 1.38. The van der Waals surface area contributed by atoms with Gasteiger partial charge in [0.05, 0.1) is 17.5 Å². The van der Waals surface area contributed by atoms with Gasteiger partial charge in [-0.25, -0.2) is 8.78 Å². The van der Waals surface area contributed by atoms with Crippen LogP contribution in [0.5, 0.6) is 5.75 Å². The maximum atomic E-state index is 13.5. The summed E-state index contributed by atoms with van der Waals surface area (Å²) in [5.41, 5.74) is 1.01. The molecule has 0 aliphatic heterocycles. The fraction of sp³-hybridized carbons (Fsp3) is 0.278. The zero-order chi connectivity index (χ0) is 17.5. The zero-order valence-corrected chi connectivity index (χ0v) is 14.3. The van der Waals surface area contributed by atoms with E-state index in [1.54, 1.807) is 6.92 Å². The second kappa shape index (κ2) is 8.68. The van der Waals surface area contributed by atoms with E-state index in [1.165, 1.54) is 11.8 Å². The van der Waals surface area contributed by atoms with Crippen molar-refractivity contribution in [2.75, 3.05) is 17.7 Å². The highest BCUT2D eigenvalue weighted by molar-refractivity contribution is 8.00. The molecule has 6 heteroatoms. The minimum atomic E-state index is -0.662. The van der Waals surface area contributed by atoms with Crippen molar-refractivity contribution in [1.82, 2.24) is 0 Å². The molecule has 0 aromatic heterocycles. The molecule has 1 atom stereocenters. The summed E-state index contributed by atoms with van der Waals surface area (Å²) in [6.07, 6.45) is 0. The van der Waals surface area contributed by atoms with Crippen LogP contribution in [0.25, 0.3) is 0 Å². The van der Waals surface area contributed by atoms with Crippen molar-refractivity contribution in [2.24, 2.45) is 0 Å². The standard InChI is InChI=1S/C18H19F2NO2S/c1-12-3-6-15(7-4-12)23-9-10-24-13(2)18(22)21-17-11-14(19)5-8-16(17)20/h3-8,11,13H,9-10H2,1-2H3,(H,21,22). The smallest absolute Gasteiger partial charge is 0.237 e. The first-order valence-electron chi connectivity index (χ1n) is 7.52. The van der Waals surface area contributed by atoms with Gasteiger partial charge in [-0.2, -0.15) is 0 Å². The van der Waals surface area contributed by atoms with Gasteiger partial charge in [0.15, 0.2) is 0 Å². The predicted octanol–water partition coefficient (Wildman–Crippen LogP) is 4.41. The Bertz CT molecular complexity index is 692. The summed E-state index contributed by atoms with van der Waals surface area (Å²) in [6, 6.07) is 10.7. The van der Waals surface area contributed by atoms with Crippen molar-refractivity contribution in [2.45, 2.75) is 19.1 Å². The van der Waals surface area contributed by atoms with E-state index in [0.29, 0.717) is 12.4 Å². The monoisotopic (exact) mass is 351 g/mol. The van der Waals surface area contributed by atoms with E-state index < -0.39 is 16.9 Å². The van der Waals surface area contributed by atoms with Crippen molar-refractivity contribution >= 4 is 23.4 Å². The average Bonchev–Trinajstić information content (AvgIpc) is 2.56. The molecule has 1 N–H and O–H groups in total. The maximum Gasteiger partial charge on any atom is 0.237 e. The first-order valence-corrected chi connectivity index (χ1v) is 8.57. The number of ether oxygens (including phenoxy) is 1. The molecule has 2 rings (SSSR count). The normalized spacial score (nSPS) is 11.8. The molecule has 2 aromatic carbocycles. The van der Waals surface area contributed by atoms with E-state index in [0.717, 1.165) is 29.5 Å². The highest BCUT2D eigenvalue weighted by Crippen LogP contribution is 2.19. The summed E-state index contributed by atoms with van der Waals surface area (Å²) in [5.74, 6) is -0.253. The minimum absolute atomic E-state index is 0.150. The van der Waals surface area contributed by atoms with E-state index in [2.05, 4.69) is 5.32 Å². The molecule has 0 fully saturated rings. The van der Waals surface area contributed by atoms with E-state index in [9.17, 15) is 13.6 Å². The van der Waals surface area contributed by atoms with E-state index in [1.807, 2.05) is 31.2 Å². The van der Waals surface area contributed by atoms with Crippen LogP contribution in [0.15, 0.2) is 42.5 Å². The number of nitrogens with one attached hydrogen (secondary N) is 1. The lowest BCUT2D eigenvalue weighted by atomic mass is 10.2. The van der Waals surface area contributed by atoms with Crippen molar-refractivity contribution in [3.8, 4) is 5.75 Å². The number of anilines is 1. The molecular formula is C18H19F2NO2S. The second-order valence-electron chi connectivity index (χ2n) is 5.29. The molecule has 0 heterocycles. The molecule has 0 spiro atoms. The number of halogens is 2. The number of thioether (sulfide) groups is 1. The van der Waals surface area contributed by atoms with E-state index >= 15 is 0 Å². The highest BCUT2D eigenvalue weighted by Gasteiger charge is 2.15. The Morgan fingerprint density at radius 3 is 2.62 bits per heavy atom. The van der Waals surface area contributed by atoms with Gasteiger partial charge in [-0.3, -0.25) is 4.79 Å². The third kappa shape index (κ3) is 5.53. The fourth-order valence-electron chi connectivity index (χ4n) is 1.92. The van der Waals surface area contributed by atoms with Crippen LogP contribution in [0.1, 0.15) is 12.5 Å². The molecule has 24 heavy (non-hydrogen) atoms.